The molecule has 0 radical (unpaired) electrons. The molecule has 7 heteroatoms. The van der Waals surface area contributed by atoms with Crippen molar-refractivity contribution < 1.29 is 9.59 Å². The van der Waals surface area contributed by atoms with Gasteiger partial charge in [0.05, 0.1) is 0 Å². The molecule has 2 unspecified atom stereocenters. The molecule has 25 heavy (non-hydrogen) atoms. The van der Waals surface area contributed by atoms with Gasteiger partial charge < -0.3 is 15.5 Å². The van der Waals surface area contributed by atoms with Gasteiger partial charge in [-0.05, 0) is 36.5 Å². The first-order valence-corrected chi connectivity index (χ1v) is 9.20. The summed E-state index contributed by atoms with van der Waals surface area (Å²) < 4.78 is 0.925. The van der Waals surface area contributed by atoms with E-state index >= 15 is 0 Å². The molecular weight excluding hydrogens is 406 g/mol. The average Bonchev–Trinajstić information content (AvgIpc) is 2.91. The zero-order chi connectivity index (χ0) is 17.5. The van der Waals surface area contributed by atoms with Gasteiger partial charge in [0, 0.05) is 35.8 Å². The van der Waals surface area contributed by atoms with Crippen LogP contribution in [0.15, 0.2) is 28.7 Å². The maximum absolute atomic E-state index is 12.9. The van der Waals surface area contributed by atoms with Gasteiger partial charge in [0.2, 0.25) is 11.8 Å². The third-order valence-electron chi connectivity index (χ3n) is 5.25. The molecule has 0 saturated carbocycles. The van der Waals surface area contributed by atoms with Gasteiger partial charge in [-0.25, -0.2) is 0 Å². The highest BCUT2D eigenvalue weighted by Gasteiger charge is 2.43. The lowest BCUT2D eigenvalue weighted by Gasteiger charge is -2.43. The average molecular weight is 431 g/mol. The predicted octanol–water partition coefficient (Wildman–Crippen LogP) is 2.81. The lowest BCUT2D eigenvalue weighted by Crippen LogP contribution is -2.55. The van der Waals surface area contributed by atoms with Crippen molar-refractivity contribution in [2.45, 2.75) is 32.7 Å². The van der Waals surface area contributed by atoms with Crippen molar-refractivity contribution in [3.8, 4) is 0 Å². The van der Waals surface area contributed by atoms with E-state index in [2.05, 4.69) is 29.8 Å². The summed E-state index contributed by atoms with van der Waals surface area (Å²) in [6.45, 7) is 6.02. The Bertz CT molecular complexity index is 667. The highest BCUT2D eigenvalue weighted by Crippen LogP contribution is 2.32. The van der Waals surface area contributed by atoms with E-state index in [1.807, 2.05) is 29.2 Å². The Morgan fingerprint density at radius 2 is 2.00 bits per heavy atom. The summed E-state index contributed by atoms with van der Waals surface area (Å²) in [5.41, 5.74) is 6.88. The molecule has 0 spiro atoms. The minimum absolute atomic E-state index is 0. The van der Waals surface area contributed by atoms with Crippen LogP contribution in [0.2, 0.25) is 0 Å². The molecule has 5 nitrogen and oxygen atoms in total. The molecule has 2 fully saturated rings. The minimum atomic E-state index is -0.561. The van der Waals surface area contributed by atoms with Crippen LogP contribution in [-0.2, 0) is 9.59 Å². The van der Waals surface area contributed by atoms with Crippen molar-refractivity contribution in [2.24, 2.45) is 17.1 Å². The number of amides is 2. The minimum Gasteiger partial charge on any atom is -0.341 e. The number of nitrogens with two attached hydrogens (primary N) is 1. The standard InChI is InChI=1S/C18H24BrN3O2.ClH/c1-18(2)11-21(8-7-15(18)20)16(23)14-6-9-22(17(14)24)13-5-3-4-12(19)10-13;/h3-5,10,14-15H,6-9,11,20H2,1-2H3;1H. The highest BCUT2D eigenvalue weighted by atomic mass is 79.9. The van der Waals surface area contributed by atoms with Gasteiger partial charge >= 0.3 is 0 Å². The van der Waals surface area contributed by atoms with Crippen LogP contribution in [-0.4, -0.2) is 42.4 Å². The van der Waals surface area contributed by atoms with Crippen molar-refractivity contribution in [1.82, 2.24) is 4.90 Å². The number of carbonyl (C=O) groups excluding carboxylic acids is 2. The second-order valence-electron chi connectivity index (χ2n) is 7.45. The summed E-state index contributed by atoms with van der Waals surface area (Å²) in [4.78, 5) is 29.2. The molecule has 2 aliphatic heterocycles. The first kappa shape index (κ1) is 20.2. The number of carbonyl (C=O) groups is 2. The molecule has 0 bridgehead atoms. The second kappa shape index (κ2) is 7.64. The number of nitrogens with zero attached hydrogens (tertiary/aromatic N) is 2. The number of hydrogen-bond acceptors (Lipinski definition) is 3. The fraction of sp³-hybridized carbons (Fsp3) is 0.556. The molecule has 0 aliphatic carbocycles. The normalized spacial score (nSPS) is 25.7. The van der Waals surface area contributed by atoms with Crippen LogP contribution in [0, 0.1) is 11.3 Å². The van der Waals surface area contributed by atoms with E-state index in [9.17, 15) is 9.59 Å². The van der Waals surface area contributed by atoms with Gasteiger partial charge in [-0.2, -0.15) is 0 Å². The van der Waals surface area contributed by atoms with Crippen molar-refractivity contribution in [3.05, 3.63) is 28.7 Å². The third kappa shape index (κ3) is 4.01. The molecule has 1 aromatic rings. The molecule has 138 valence electrons. The first-order valence-electron chi connectivity index (χ1n) is 8.41. The number of benzene rings is 1. The quantitative estimate of drug-likeness (QED) is 0.734. The number of halogens is 2. The van der Waals surface area contributed by atoms with E-state index in [-0.39, 0.29) is 35.7 Å². The van der Waals surface area contributed by atoms with Crippen LogP contribution in [0.3, 0.4) is 0 Å². The Balaban J connectivity index is 0.00000225. The number of piperidine rings is 1. The lowest BCUT2D eigenvalue weighted by atomic mass is 9.79. The van der Waals surface area contributed by atoms with Gasteiger partial charge in [0.1, 0.15) is 5.92 Å². The van der Waals surface area contributed by atoms with Crippen LogP contribution >= 0.6 is 28.3 Å². The molecule has 3 rings (SSSR count). The molecule has 2 heterocycles. The molecule has 2 amide bonds. The smallest absolute Gasteiger partial charge is 0.239 e. The van der Waals surface area contributed by atoms with E-state index in [1.165, 1.54) is 0 Å². The van der Waals surface area contributed by atoms with Crippen LogP contribution in [0.5, 0.6) is 0 Å². The third-order valence-corrected chi connectivity index (χ3v) is 5.74. The number of likely N-dealkylation sites (tertiary alicyclic amines) is 1. The fourth-order valence-corrected chi connectivity index (χ4v) is 3.98. The fourth-order valence-electron chi connectivity index (χ4n) is 3.59. The van der Waals surface area contributed by atoms with E-state index < -0.39 is 5.92 Å². The SMILES string of the molecule is CC1(C)CN(C(=O)C2CCN(c3cccc(Br)c3)C2=O)CCC1N.Cl. The molecular formula is C18H25BrClN3O2. The zero-order valence-corrected chi connectivity index (χ0v) is 17.0. The van der Waals surface area contributed by atoms with Gasteiger partial charge in [0.25, 0.3) is 0 Å². The van der Waals surface area contributed by atoms with Crippen molar-refractivity contribution in [1.29, 1.82) is 0 Å². The van der Waals surface area contributed by atoms with Crippen LogP contribution < -0.4 is 10.6 Å². The van der Waals surface area contributed by atoms with Gasteiger partial charge in [-0.15, -0.1) is 12.4 Å². The predicted molar refractivity (Wildman–Crippen MR) is 105 cm³/mol. The van der Waals surface area contributed by atoms with Gasteiger partial charge in [-0.3, -0.25) is 9.59 Å². The summed E-state index contributed by atoms with van der Waals surface area (Å²) in [6.07, 6.45) is 1.36. The maximum atomic E-state index is 12.9. The molecule has 2 aliphatic rings. The molecule has 2 N–H and O–H groups in total. The van der Waals surface area contributed by atoms with Gasteiger partial charge in [-0.1, -0.05) is 35.8 Å². The van der Waals surface area contributed by atoms with E-state index in [1.54, 1.807) is 4.90 Å². The van der Waals surface area contributed by atoms with E-state index in [4.69, 9.17) is 5.73 Å². The maximum Gasteiger partial charge on any atom is 0.239 e. The Labute approximate surface area is 163 Å². The Morgan fingerprint density at radius 1 is 1.28 bits per heavy atom. The van der Waals surface area contributed by atoms with Crippen molar-refractivity contribution in [2.75, 3.05) is 24.5 Å². The topological polar surface area (TPSA) is 66.6 Å². The summed E-state index contributed by atoms with van der Waals surface area (Å²) in [5, 5.41) is 0. The van der Waals surface area contributed by atoms with Crippen molar-refractivity contribution in [3.63, 3.8) is 0 Å². The van der Waals surface area contributed by atoms with Gasteiger partial charge in [0.15, 0.2) is 0 Å². The lowest BCUT2D eigenvalue weighted by molar-refractivity contribution is -0.142. The zero-order valence-electron chi connectivity index (χ0n) is 14.6. The molecule has 1 aromatic carbocycles. The molecule has 2 saturated heterocycles. The number of hydrogen-bond donors (Lipinski definition) is 1. The molecule has 2 atom stereocenters. The Morgan fingerprint density at radius 3 is 2.64 bits per heavy atom. The molecule has 0 aromatic heterocycles. The first-order chi connectivity index (χ1) is 11.3. The Kier molecular flexibility index (Phi) is 6.17. The summed E-state index contributed by atoms with van der Waals surface area (Å²) >= 11 is 3.43. The summed E-state index contributed by atoms with van der Waals surface area (Å²) in [6, 6.07) is 7.73. The number of rotatable bonds is 2. The highest BCUT2D eigenvalue weighted by molar-refractivity contribution is 9.10. The summed E-state index contributed by atoms with van der Waals surface area (Å²) in [7, 11) is 0. The summed E-state index contributed by atoms with van der Waals surface area (Å²) in [5.74, 6) is -0.697. The largest absolute Gasteiger partial charge is 0.341 e. The monoisotopic (exact) mass is 429 g/mol. The van der Waals surface area contributed by atoms with E-state index in [0.717, 1.165) is 16.6 Å². The second-order valence-corrected chi connectivity index (χ2v) is 8.37. The van der Waals surface area contributed by atoms with Crippen molar-refractivity contribution >= 4 is 45.8 Å². The van der Waals surface area contributed by atoms with Crippen LogP contribution in [0.25, 0.3) is 0 Å². The Hall–Kier alpha value is -1.11. The van der Waals surface area contributed by atoms with Crippen LogP contribution in [0.4, 0.5) is 5.69 Å². The van der Waals surface area contributed by atoms with Crippen LogP contribution in [0.1, 0.15) is 26.7 Å². The van der Waals surface area contributed by atoms with E-state index in [0.29, 0.717) is 26.1 Å². The number of anilines is 1.